The Balaban J connectivity index is 1.68. The zero-order chi connectivity index (χ0) is 20.0. The van der Waals surface area contributed by atoms with Gasteiger partial charge in [-0.1, -0.05) is 6.07 Å². The lowest BCUT2D eigenvalue weighted by Crippen LogP contribution is -2.48. The van der Waals surface area contributed by atoms with Crippen LogP contribution in [-0.4, -0.2) is 30.9 Å². The molecule has 0 fully saturated rings. The molecule has 1 aromatic heterocycles. The van der Waals surface area contributed by atoms with Crippen molar-refractivity contribution in [2.24, 2.45) is 0 Å². The van der Waals surface area contributed by atoms with Crippen molar-refractivity contribution in [3.8, 4) is 0 Å². The normalized spacial score (nSPS) is 10.2. The second kappa shape index (κ2) is 8.84. The molecule has 4 N–H and O–H groups in total. The van der Waals surface area contributed by atoms with Crippen LogP contribution in [-0.2, 0) is 0 Å². The number of hydrogen-bond acceptors (Lipinski definition) is 4. The molecule has 1 aromatic carbocycles. The number of benzene rings is 1. The van der Waals surface area contributed by atoms with Gasteiger partial charge in [-0.2, -0.15) is 0 Å². The van der Waals surface area contributed by atoms with E-state index >= 15 is 0 Å². The van der Waals surface area contributed by atoms with E-state index in [1.807, 2.05) is 0 Å². The Hall–Kier alpha value is -3.36. The van der Waals surface area contributed by atoms with Crippen LogP contribution in [0.15, 0.2) is 28.7 Å². The summed E-state index contributed by atoms with van der Waals surface area (Å²) < 4.78 is 18.7. The molecule has 1 heterocycles. The Bertz CT molecular complexity index is 863. The van der Waals surface area contributed by atoms with Crippen LogP contribution in [0.5, 0.6) is 0 Å². The standard InChI is InChI=1S/C18H21FN4O4/c1-10-4-5-13(9-15(10)19)16(24)20-6-7-21-18(26)23-22-17(25)14-8-11(2)27-12(14)3/h4-5,8-9H,6-7H2,1-3H3,(H,20,24)(H,22,25)(H2,21,23,26). The summed E-state index contributed by atoms with van der Waals surface area (Å²) in [4.78, 5) is 35.4. The maximum atomic E-state index is 13.4. The van der Waals surface area contributed by atoms with Gasteiger partial charge < -0.3 is 15.1 Å². The molecule has 0 radical (unpaired) electrons. The van der Waals surface area contributed by atoms with Gasteiger partial charge in [-0.05, 0) is 44.5 Å². The van der Waals surface area contributed by atoms with Crippen molar-refractivity contribution in [1.29, 1.82) is 0 Å². The number of carbonyl (C=O) groups excluding carboxylic acids is 3. The van der Waals surface area contributed by atoms with Gasteiger partial charge in [0.2, 0.25) is 0 Å². The third kappa shape index (κ3) is 5.56. The molecule has 0 atom stereocenters. The van der Waals surface area contributed by atoms with Gasteiger partial charge in [0.15, 0.2) is 0 Å². The van der Waals surface area contributed by atoms with Crippen molar-refractivity contribution in [2.45, 2.75) is 20.8 Å². The lowest BCUT2D eigenvalue weighted by molar-refractivity contribution is 0.0933. The maximum absolute atomic E-state index is 13.4. The van der Waals surface area contributed by atoms with Gasteiger partial charge in [0, 0.05) is 18.7 Å². The molecule has 0 aliphatic heterocycles. The summed E-state index contributed by atoms with van der Waals surface area (Å²) in [5.41, 5.74) is 5.42. The third-order valence-corrected chi connectivity index (χ3v) is 3.71. The second-order valence-corrected chi connectivity index (χ2v) is 5.88. The molecule has 2 rings (SSSR count). The topological polar surface area (TPSA) is 112 Å². The van der Waals surface area contributed by atoms with E-state index < -0.39 is 23.7 Å². The fourth-order valence-corrected chi connectivity index (χ4v) is 2.27. The quantitative estimate of drug-likeness (QED) is 0.470. The molecule has 4 amide bonds. The molecule has 2 aromatic rings. The average Bonchev–Trinajstić information content (AvgIpc) is 2.97. The number of hydrazine groups is 1. The molecule has 0 saturated carbocycles. The van der Waals surface area contributed by atoms with Crippen LogP contribution in [0.3, 0.4) is 0 Å². The van der Waals surface area contributed by atoms with E-state index in [1.54, 1.807) is 26.8 Å². The Kier molecular flexibility index (Phi) is 6.53. The van der Waals surface area contributed by atoms with E-state index in [9.17, 15) is 18.8 Å². The van der Waals surface area contributed by atoms with E-state index in [1.165, 1.54) is 12.1 Å². The molecule has 0 unspecified atom stereocenters. The average molecular weight is 376 g/mol. The van der Waals surface area contributed by atoms with Crippen molar-refractivity contribution >= 4 is 17.8 Å². The van der Waals surface area contributed by atoms with E-state index in [0.717, 1.165) is 6.07 Å². The number of hydrogen-bond donors (Lipinski definition) is 4. The number of rotatable bonds is 5. The van der Waals surface area contributed by atoms with E-state index in [4.69, 9.17) is 4.42 Å². The molecule has 0 bridgehead atoms. The van der Waals surface area contributed by atoms with Crippen LogP contribution in [0.1, 0.15) is 37.8 Å². The molecule has 0 aliphatic rings. The highest BCUT2D eigenvalue weighted by molar-refractivity contribution is 5.96. The van der Waals surface area contributed by atoms with Crippen molar-refractivity contribution in [3.05, 3.63) is 58.3 Å². The second-order valence-electron chi connectivity index (χ2n) is 5.88. The summed E-state index contributed by atoms with van der Waals surface area (Å²) in [7, 11) is 0. The largest absolute Gasteiger partial charge is 0.466 e. The minimum Gasteiger partial charge on any atom is -0.466 e. The smallest absolute Gasteiger partial charge is 0.333 e. The summed E-state index contributed by atoms with van der Waals surface area (Å²) in [6.07, 6.45) is 0. The first kappa shape index (κ1) is 20.0. The fourth-order valence-electron chi connectivity index (χ4n) is 2.27. The van der Waals surface area contributed by atoms with Gasteiger partial charge in [-0.15, -0.1) is 0 Å². The Morgan fingerprint density at radius 3 is 2.30 bits per heavy atom. The third-order valence-electron chi connectivity index (χ3n) is 3.71. The molecule has 0 spiro atoms. The predicted molar refractivity (Wildman–Crippen MR) is 95.7 cm³/mol. The zero-order valence-corrected chi connectivity index (χ0v) is 15.2. The minimum atomic E-state index is -0.642. The van der Waals surface area contributed by atoms with Crippen LogP contribution in [0.25, 0.3) is 0 Å². The van der Waals surface area contributed by atoms with Gasteiger partial charge >= 0.3 is 6.03 Å². The van der Waals surface area contributed by atoms with Gasteiger partial charge in [-0.25, -0.2) is 14.6 Å². The number of halogens is 1. The highest BCUT2D eigenvalue weighted by atomic mass is 19.1. The van der Waals surface area contributed by atoms with E-state index in [2.05, 4.69) is 21.5 Å². The van der Waals surface area contributed by atoms with Gasteiger partial charge in [0.05, 0.1) is 5.56 Å². The number of amides is 4. The molecule has 0 aliphatic carbocycles. The molecule has 27 heavy (non-hydrogen) atoms. The molecule has 9 heteroatoms. The van der Waals surface area contributed by atoms with Gasteiger partial charge in [-0.3, -0.25) is 15.0 Å². The number of nitrogens with one attached hydrogen (secondary N) is 4. The van der Waals surface area contributed by atoms with Crippen molar-refractivity contribution in [2.75, 3.05) is 13.1 Å². The summed E-state index contributed by atoms with van der Waals surface area (Å²) in [6.45, 7) is 5.21. The Morgan fingerprint density at radius 1 is 0.963 bits per heavy atom. The van der Waals surface area contributed by atoms with Crippen LogP contribution in [0.2, 0.25) is 0 Å². The molecule has 0 saturated heterocycles. The fraction of sp³-hybridized carbons (Fsp3) is 0.278. The summed E-state index contributed by atoms with van der Waals surface area (Å²) in [5.74, 6) is -0.378. The van der Waals surface area contributed by atoms with E-state index in [0.29, 0.717) is 22.6 Å². The van der Waals surface area contributed by atoms with Crippen LogP contribution in [0.4, 0.5) is 9.18 Å². The number of urea groups is 1. The Morgan fingerprint density at radius 2 is 1.67 bits per heavy atom. The van der Waals surface area contributed by atoms with Gasteiger partial charge in [0.1, 0.15) is 17.3 Å². The van der Waals surface area contributed by atoms with Crippen molar-refractivity contribution in [1.82, 2.24) is 21.5 Å². The molecule has 144 valence electrons. The molecular formula is C18H21FN4O4. The lowest BCUT2D eigenvalue weighted by atomic mass is 10.1. The minimum absolute atomic E-state index is 0.117. The highest BCUT2D eigenvalue weighted by Crippen LogP contribution is 2.12. The molecular weight excluding hydrogens is 355 g/mol. The summed E-state index contributed by atoms with van der Waals surface area (Å²) in [5, 5.41) is 5.01. The van der Waals surface area contributed by atoms with Crippen molar-refractivity contribution < 1.29 is 23.2 Å². The monoisotopic (exact) mass is 376 g/mol. The Labute approximate surface area is 155 Å². The zero-order valence-electron chi connectivity index (χ0n) is 15.2. The molecule has 8 nitrogen and oxygen atoms in total. The van der Waals surface area contributed by atoms with Gasteiger partial charge in [0.25, 0.3) is 11.8 Å². The lowest BCUT2D eigenvalue weighted by Gasteiger charge is -2.09. The van der Waals surface area contributed by atoms with Crippen LogP contribution < -0.4 is 21.5 Å². The van der Waals surface area contributed by atoms with Crippen LogP contribution >= 0.6 is 0 Å². The maximum Gasteiger partial charge on any atom is 0.333 e. The van der Waals surface area contributed by atoms with Crippen molar-refractivity contribution in [3.63, 3.8) is 0 Å². The summed E-state index contributed by atoms with van der Waals surface area (Å²) >= 11 is 0. The number of aryl methyl sites for hydroxylation is 3. The number of furan rings is 1. The first-order valence-electron chi connectivity index (χ1n) is 8.23. The highest BCUT2D eigenvalue weighted by Gasteiger charge is 2.14. The van der Waals surface area contributed by atoms with E-state index in [-0.39, 0.29) is 18.7 Å². The number of carbonyl (C=O) groups is 3. The summed E-state index contributed by atoms with van der Waals surface area (Å²) in [6, 6.07) is 5.11. The SMILES string of the molecule is Cc1cc(C(=O)NNC(=O)NCCNC(=O)c2ccc(C)c(F)c2)c(C)o1. The predicted octanol–water partition coefficient (Wildman–Crippen LogP) is 1.72. The van der Waals surface area contributed by atoms with Crippen LogP contribution in [0, 0.1) is 26.6 Å². The first-order valence-corrected chi connectivity index (χ1v) is 8.23. The first-order chi connectivity index (χ1) is 12.8.